The monoisotopic (exact) mass is 435 g/mol. The van der Waals surface area contributed by atoms with Crippen LogP contribution in [0.25, 0.3) is 0 Å². The van der Waals surface area contributed by atoms with Gasteiger partial charge in [-0.25, -0.2) is 12.7 Å². The Morgan fingerprint density at radius 3 is 2.33 bits per heavy atom. The number of methoxy groups -OCH3 is 1. The van der Waals surface area contributed by atoms with E-state index in [2.05, 4.69) is 0 Å². The number of piperidine rings is 1. The third-order valence-electron chi connectivity index (χ3n) is 7.14. The second kappa shape index (κ2) is 7.53. The molecule has 3 heterocycles. The van der Waals surface area contributed by atoms with Crippen molar-refractivity contribution in [1.82, 2.24) is 14.1 Å². The van der Waals surface area contributed by atoms with Crippen molar-refractivity contribution in [3.63, 3.8) is 0 Å². The van der Waals surface area contributed by atoms with Gasteiger partial charge in [0.2, 0.25) is 15.9 Å². The molecular formula is C21H29N3O5S. The molecule has 3 aliphatic heterocycles. The molecule has 9 heteroatoms. The number of ether oxygens (including phenoxy) is 1. The molecular weight excluding hydrogens is 406 g/mol. The predicted octanol–water partition coefficient (Wildman–Crippen LogP) is 1.04. The molecule has 0 saturated carbocycles. The minimum absolute atomic E-state index is 0.0158. The Bertz CT molecular complexity index is 938. The number of benzene rings is 1. The third-order valence-corrected chi connectivity index (χ3v) is 8.37. The molecule has 4 rings (SSSR count). The first kappa shape index (κ1) is 21.1. The Balaban J connectivity index is 1.52. The van der Waals surface area contributed by atoms with Crippen molar-refractivity contribution in [3.8, 4) is 5.75 Å². The van der Waals surface area contributed by atoms with E-state index in [0.29, 0.717) is 50.3 Å². The van der Waals surface area contributed by atoms with E-state index in [9.17, 15) is 18.0 Å². The van der Waals surface area contributed by atoms with Crippen molar-refractivity contribution in [1.29, 1.82) is 0 Å². The van der Waals surface area contributed by atoms with Gasteiger partial charge < -0.3 is 14.5 Å². The molecule has 1 aromatic rings. The molecule has 0 radical (unpaired) electrons. The van der Waals surface area contributed by atoms with E-state index in [1.165, 1.54) is 10.6 Å². The van der Waals surface area contributed by atoms with Gasteiger partial charge in [-0.15, -0.1) is 0 Å². The second-order valence-corrected chi connectivity index (χ2v) is 10.5. The first-order valence-electron chi connectivity index (χ1n) is 10.4. The van der Waals surface area contributed by atoms with Crippen molar-refractivity contribution < 1.29 is 22.7 Å². The zero-order valence-electron chi connectivity index (χ0n) is 17.7. The highest BCUT2D eigenvalue weighted by atomic mass is 32.2. The number of fused-ring (bicyclic) bond motifs is 2. The van der Waals surface area contributed by atoms with Crippen LogP contribution in [0.1, 0.15) is 30.1 Å². The number of likely N-dealkylation sites (tertiary alicyclic amines) is 2. The number of carbonyl (C=O) groups excluding carboxylic acids is 2. The number of nitrogens with zero attached hydrogens (tertiary/aromatic N) is 3. The SMILES string of the molecule is CCN1C(=O)[C@@H]2CN(S(C)(=O)=O)C[C@@H]2C12CCN(C(=O)c1ccc(OC)cc1)CC2. The summed E-state index contributed by atoms with van der Waals surface area (Å²) in [5.74, 6) is 0.445. The van der Waals surface area contributed by atoms with Crippen molar-refractivity contribution in [3.05, 3.63) is 29.8 Å². The van der Waals surface area contributed by atoms with Gasteiger partial charge in [0.05, 0.1) is 24.8 Å². The molecule has 1 aromatic carbocycles. The maximum Gasteiger partial charge on any atom is 0.253 e. The minimum atomic E-state index is -3.33. The lowest BCUT2D eigenvalue weighted by molar-refractivity contribution is -0.134. The summed E-state index contributed by atoms with van der Waals surface area (Å²) in [5, 5.41) is 0. The quantitative estimate of drug-likeness (QED) is 0.705. The predicted molar refractivity (Wildman–Crippen MR) is 112 cm³/mol. The normalized spacial score (nSPS) is 26.3. The molecule has 1 spiro atoms. The van der Waals surface area contributed by atoms with Crippen LogP contribution >= 0.6 is 0 Å². The van der Waals surface area contributed by atoms with Gasteiger partial charge in [0.1, 0.15) is 5.75 Å². The number of amides is 2. The van der Waals surface area contributed by atoms with Crippen molar-refractivity contribution in [2.45, 2.75) is 25.3 Å². The van der Waals surface area contributed by atoms with Gasteiger partial charge in [0.15, 0.2) is 0 Å². The summed E-state index contributed by atoms with van der Waals surface area (Å²) < 4.78 is 30.8. The first-order valence-corrected chi connectivity index (χ1v) is 12.3. The second-order valence-electron chi connectivity index (χ2n) is 8.50. The summed E-state index contributed by atoms with van der Waals surface area (Å²) in [5.41, 5.74) is 0.246. The van der Waals surface area contributed by atoms with E-state index in [4.69, 9.17) is 4.74 Å². The average molecular weight is 436 g/mol. The maximum atomic E-state index is 13.1. The van der Waals surface area contributed by atoms with Gasteiger partial charge in [0.25, 0.3) is 5.91 Å². The van der Waals surface area contributed by atoms with Gasteiger partial charge in [-0.05, 0) is 44.0 Å². The smallest absolute Gasteiger partial charge is 0.253 e. The highest BCUT2D eigenvalue weighted by molar-refractivity contribution is 7.88. The highest BCUT2D eigenvalue weighted by Gasteiger charge is 2.62. The maximum absolute atomic E-state index is 13.1. The number of sulfonamides is 1. The summed E-state index contributed by atoms with van der Waals surface area (Å²) in [6, 6.07) is 7.08. The van der Waals surface area contributed by atoms with E-state index in [0.717, 1.165) is 0 Å². The van der Waals surface area contributed by atoms with Gasteiger partial charge in [0, 0.05) is 44.2 Å². The van der Waals surface area contributed by atoms with Crippen molar-refractivity contribution in [2.24, 2.45) is 11.8 Å². The summed E-state index contributed by atoms with van der Waals surface area (Å²) in [7, 11) is -1.74. The van der Waals surface area contributed by atoms with Gasteiger partial charge >= 0.3 is 0 Å². The van der Waals surface area contributed by atoms with Crippen molar-refractivity contribution >= 4 is 21.8 Å². The molecule has 8 nitrogen and oxygen atoms in total. The van der Waals surface area contributed by atoms with Crippen LogP contribution in [0.5, 0.6) is 5.75 Å². The Morgan fingerprint density at radius 1 is 1.17 bits per heavy atom. The van der Waals surface area contributed by atoms with Crippen LogP contribution in [0.3, 0.4) is 0 Å². The number of hydrogen-bond donors (Lipinski definition) is 0. The molecule has 30 heavy (non-hydrogen) atoms. The highest BCUT2D eigenvalue weighted by Crippen LogP contribution is 2.50. The molecule has 0 aliphatic carbocycles. The van der Waals surface area contributed by atoms with Gasteiger partial charge in [-0.1, -0.05) is 0 Å². The molecule has 3 aliphatic rings. The molecule has 3 fully saturated rings. The van der Waals surface area contributed by atoms with E-state index in [1.807, 2.05) is 16.7 Å². The Labute approximate surface area is 177 Å². The largest absolute Gasteiger partial charge is 0.497 e. The van der Waals surface area contributed by atoms with Crippen LogP contribution in [0.15, 0.2) is 24.3 Å². The van der Waals surface area contributed by atoms with Gasteiger partial charge in [-0.3, -0.25) is 9.59 Å². The molecule has 3 saturated heterocycles. The zero-order chi connectivity index (χ0) is 21.7. The molecule has 164 valence electrons. The lowest BCUT2D eigenvalue weighted by Gasteiger charge is -2.47. The average Bonchev–Trinajstić information content (AvgIpc) is 3.28. The molecule has 2 amide bonds. The fourth-order valence-corrected chi connectivity index (χ4v) is 6.44. The number of carbonyl (C=O) groups is 2. The van der Waals surface area contributed by atoms with Gasteiger partial charge in [-0.2, -0.15) is 0 Å². The lowest BCUT2D eigenvalue weighted by atomic mass is 9.75. The van der Waals surface area contributed by atoms with E-state index in [1.54, 1.807) is 31.4 Å². The molecule has 2 atom stereocenters. The van der Waals surface area contributed by atoms with E-state index in [-0.39, 0.29) is 35.7 Å². The fourth-order valence-electron chi connectivity index (χ4n) is 5.58. The summed E-state index contributed by atoms with van der Waals surface area (Å²) >= 11 is 0. The third kappa shape index (κ3) is 3.28. The van der Waals surface area contributed by atoms with Crippen LogP contribution in [-0.2, 0) is 14.8 Å². The lowest BCUT2D eigenvalue weighted by Crippen LogP contribution is -2.58. The molecule has 0 bridgehead atoms. The number of hydrogen-bond acceptors (Lipinski definition) is 5. The van der Waals surface area contributed by atoms with Crippen LogP contribution in [0, 0.1) is 11.8 Å². The Morgan fingerprint density at radius 2 is 1.80 bits per heavy atom. The standard InChI is InChI=1S/C21H29N3O5S/c1-4-24-20(26)17-13-23(30(3,27)28)14-18(17)21(24)9-11-22(12-10-21)19(25)15-5-7-16(29-2)8-6-15/h5-8,17-18H,4,9-14H2,1-3H3/t17-,18+/m1/s1. The Kier molecular flexibility index (Phi) is 5.30. The van der Waals surface area contributed by atoms with Crippen LogP contribution in [0.2, 0.25) is 0 Å². The molecule has 0 unspecified atom stereocenters. The summed E-state index contributed by atoms with van der Waals surface area (Å²) in [4.78, 5) is 29.8. The summed E-state index contributed by atoms with van der Waals surface area (Å²) in [6.07, 6.45) is 2.55. The minimum Gasteiger partial charge on any atom is -0.497 e. The molecule has 0 aromatic heterocycles. The van der Waals surface area contributed by atoms with E-state index >= 15 is 0 Å². The zero-order valence-corrected chi connectivity index (χ0v) is 18.5. The summed E-state index contributed by atoms with van der Waals surface area (Å²) in [6.45, 7) is 4.35. The van der Waals surface area contributed by atoms with Crippen LogP contribution in [0.4, 0.5) is 0 Å². The van der Waals surface area contributed by atoms with Crippen LogP contribution in [-0.4, -0.2) is 86.0 Å². The van der Waals surface area contributed by atoms with Crippen LogP contribution < -0.4 is 4.74 Å². The topological polar surface area (TPSA) is 87.2 Å². The van der Waals surface area contributed by atoms with Crippen molar-refractivity contribution in [2.75, 3.05) is 46.1 Å². The first-order chi connectivity index (χ1) is 14.2. The fraction of sp³-hybridized carbons (Fsp3) is 0.619. The van der Waals surface area contributed by atoms with E-state index < -0.39 is 10.0 Å². The number of rotatable bonds is 4. The molecule has 0 N–H and O–H groups in total. The Hall–Kier alpha value is -2.13.